The van der Waals surface area contributed by atoms with E-state index in [1.54, 1.807) is 0 Å². The molecule has 356 valence electrons. The highest BCUT2D eigenvalue weighted by Gasteiger charge is 2.22. The van der Waals surface area contributed by atoms with E-state index in [4.69, 9.17) is 8.83 Å². The second-order valence-electron chi connectivity index (χ2n) is 19.6. The van der Waals surface area contributed by atoms with Crippen LogP contribution >= 0.6 is 22.7 Å². The van der Waals surface area contributed by atoms with Crippen LogP contribution in [0.5, 0.6) is 0 Å². The molecule has 16 aromatic rings. The molecule has 16 rings (SSSR count). The second kappa shape index (κ2) is 17.0. The van der Waals surface area contributed by atoms with Gasteiger partial charge in [0.1, 0.15) is 11.2 Å². The molecule has 0 unspecified atom stereocenters. The lowest BCUT2D eigenvalue weighted by Gasteiger charge is -2.25. The Kier molecular flexibility index (Phi) is 9.64. The first-order chi connectivity index (χ1) is 37.6. The van der Waals surface area contributed by atoms with Gasteiger partial charge in [0.2, 0.25) is 0 Å². The first kappa shape index (κ1) is 43.0. The largest absolute Gasteiger partial charge is 0.454 e. The molecule has 0 amide bonds. The van der Waals surface area contributed by atoms with E-state index in [0.29, 0.717) is 0 Å². The molecule has 0 aliphatic carbocycles. The van der Waals surface area contributed by atoms with Crippen LogP contribution in [0.1, 0.15) is 0 Å². The van der Waals surface area contributed by atoms with Crippen LogP contribution in [0.4, 0.5) is 34.1 Å². The normalized spacial score (nSPS) is 11.9. The van der Waals surface area contributed by atoms with Crippen molar-refractivity contribution in [1.29, 1.82) is 0 Å². The number of nitrogens with zero attached hydrogens (tertiary/aromatic N) is 2. The maximum atomic E-state index is 6.54. The molecule has 76 heavy (non-hydrogen) atoms. The maximum Gasteiger partial charge on any atom is 0.159 e. The molecule has 0 aliphatic rings. The molecular weight excluding hydrogens is 965 g/mol. The van der Waals surface area contributed by atoms with Gasteiger partial charge in [-0.3, -0.25) is 0 Å². The Balaban J connectivity index is 0.706. The highest BCUT2D eigenvalue weighted by molar-refractivity contribution is 7.26. The molecule has 0 fully saturated rings. The van der Waals surface area contributed by atoms with Crippen molar-refractivity contribution >= 4 is 152 Å². The van der Waals surface area contributed by atoms with Gasteiger partial charge in [0.15, 0.2) is 11.2 Å². The van der Waals surface area contributed by atoms with Gasteiger partial charge in [-0.25, -0.2) is 0 Å². The minimum atomic E-state index is 0.877. The van der Waals surface area contributed by atoms with E-state index < -0.39 is 0 Å². The van der Waals surface area contributed by atoms with E-state index in [9.17, 15) is 0 Å². The van der Waals surface area contributed by atoms with E-state index in [0.717, 1.165) is 78.0 Å². The molecule has 4 nitrogen and oxygen atoms in total. The number of rotatable bonds is 8. The fourth-order valence-corrected chi connectivity index (χ4v) is 13.9. The molecule has 0 saturated heterocycles. The quantitative estimate of drug-likeness (QED) is 0.152. The lowest BCUT2D eigenvalue weighted by Crippen LogP contribution is -2.10. The van der Waals surface area contributed by atoms with E-state index in [1.807, 2.05) is 46.9 Å². The lowest BCUT2D eigenvalue weighted by atomic mass is 10.00. The zero-order chi connectivity index (χ0) is 49.8. The van der Waals surface area contributed by atoms with Crippen molar-refractivity contribution in [3.05, 3.63) is 255 Å². The minimum Gasteiger partial charge on any atom is -0.454 e. The highest BCUT2D eigenvalue weighted by atomic mass is 32.1. The van der Waals surface area contributed by atoms with Crippen molar-refractivity contribution in [2.24, 2.45) is 0 Å². The Morgan fingerprint density at radius 1 is 0.250 bits per heavy atom. The summed E-state index contributed by atoms with van der Waals surface area (Å²) < 4.78 is 18.3. The number of hydrogen-bond donors (Lipinski definition) is 0. The smallest absolute Gasteiger partial charge is 0.159 e. The predicted octanol–water partition coefficient (Wildman–Crippen LogP) is 21.6. The number of benzene rings is 12. The van der Waals surface area contributed by atoms with Crippen molar-refractivity contribution in [2.75, 3.05) is 9.80 Å². The van der Waals surface area contributed by atoms with Crippen molar-refractivity contribution < 1.29 is 8.83 Å². The Bertz CT molecular complexity index is 4620. The van der Waals surface area contributed by atoms with Crippen molar-refractivity contribution in [2.45, 2.75) is 0 Å². The molecule has 0 bridgehead atoms. The monoisotopic (exact) mass is 1010 g/mol. The van der Waals surface area contributed by atoms with Crippen molar-refractivity contribution in [1.82, 2.24) is 0 Å². The lowest BCUT2D eigenvalue weighted by molar-refractivity contribution is 0.668. The van der Waals surface area contributed by atoms with Gasteiger partial charge in [0, 0.05) is 84.6 Å². The molecule has 6 heteroatoms. The topological polar surface area (TPSA) is 32.8 Å². The number of thiophene rings is 2. The third kappa shape index (κ3) is 6.89. The number of para-hydroxylation sites is 6. The van der Waals surface area contributed by atoms with Crippen LogP contribution in [-0.2, 0) is 0 Å². The van der Waals surface area contributed by atoms with Crippen LogP contribution in [0.15, 0.2) is 264 Å². The van der Waals surface area contributed by atoms with Crippen LogP contribution in [0, 0.1) is 0 Å². The predicted molar refractivity (Wildman–Crippen MR) is 325 cm³/mol. The highest BCUT2D eigenvalue weighted by Crippen LogP contribution is 2.47. The van der Waals surface area contributed by atoms with E-state index in [-0.39, 0.29) is 0 Å². The fraction of sp³-hybridized carbons (Fsp3) is 0. The average molecular weight is 1010 g/mol. The third-order valence-corrected chi connectivity index (χ3v) is 17.4. The van der Waals surface area contributed by atoms with E-state index >= 15 is 0 Å². The Morgan fingerprint density at radius 2 is 0.618 bits per heavy atom. The van der Waals surface area contributed by atoms with Gasteiger partial charge in [-0.2, -0.15) is 0 Å². The zero-order valence-corrected chi connectivity index (χ0v) is 42.4. The maximum absolute atomic E-state index is 6.54. The Hall–Kier alpha value is -9.46. The third-order valence-electron chi connectivity index (χ3n) is 15.2. The summed E-state index contributed by atoms with van der Waals surface area (Å²) in [7, 11) is 0. The van der Waals surface area contributed by atoms with Gasteiger partial charge in [0.25, 0.3) is 0 Å². The van der Waals surface area contributed by atoms with Crippen molar-refractivity contribution in [3.8, 4) is 22.3 Å². The van der Waals surface area contributed by atoms with E-state index in [2.05, 4.69) is 240 Å². The summed E-state index contributed by atoms with van der Waals surface area (Å²) in [6, 6.07) is 91.9. The fourth-order valence-electron chi connectivity index (χ4n) is 11.6. The summed E-state index contributed by atoms with van der Waals surface area (Å²) in [5, 5.41) is 12.2. The average Bonchev–Trinajstić information content (AvgIpc) is 4.26. The molecule has 0 saturated carbocycles. The first-order valence-electron chi connectivity index (χ1n) is 25.6. The summed E-state index contributed by atoms with van der Waals surface area (Å²) in [6.45, 7) is 0. The minimum absolute atomic E-state index is 0.877. The van der Waals surface area contributed by atoms with Gasteiger partial charge in [0.05, 0.1) is 11.4 Å². The van der Waals surface area contributed by atoms with Gasteiger partial charge >= 0.3 is 0 Å². The molecule has 4 aromatic heterocycles. The molecule has 0 atom stereocenters. The molecular formula is C70H42N2O2S2. The molecule has 12 aromatic carbocycles. The van der Waals surface area contributed by atoms with Crippen LogP contribution in [0.25, 0.3) is 117 Å². The van der Waals surface area contributed by atoms with Crippen LogP contribution in [0.3, 0.4) is 0 Å². The molecule has 0 aliphatic heterocycles. The summed E-state index contributed by atoms with van der Waals surface area (Å²) >= 11 is 3.76. The summed E-state index contributed by atoms with van der Waals surface area (Å²) in [5.41, 5.74) is 14.6. The summed E-state index contributed by atoms with van der Waals surface area (Å²) in [5.74, 6) is 0. The van der Waals surface area contributed by atoms with Crippen LogP contribution in [0.2, 0.25) is 0 Å². The Labute approximate surface area is 444 Å². The van der Waals surface area contributed by atoms with Gasteiger partial charge in [-0.05, 0) is 142 Å². The van der Waals surface area contributed by atoms with E-state index in [1.165, 1.54) is 73.4 Å². The number of hydrogen-bond acceptors (Lipinski definition) is 6. The number of anilines is 6. The van der Waals surface area contributed by atoms with Crippen molar-refractivity contribution in [3.63, 3.8) is 0 Å². The standard InChI is InChI=1S/C70H42N2O2S2/c1-3-13-49(14-4-1)71(61-21-11-19-57-53-17-7-9-23-63(53)73-69(57)61)51-31-25-43(26-32-51)45-29-35-55-59-37-47-42-68-60(38-48(47)41-67(59)75-65(55)39-45)56-36-30-46(40-66(56)76-68)44-27-33-52(34-28-44)72(50-15-5-2-6-16-50)62-22-12-20-58-54-18-8-10-24-64(54)74-70(58)62/h1-42H. The van der Waals surface area contributed by atoms with Gasteiger partial charge < -0.3 is 18.6 Å². The SMILES string of the molecule is c1ccc(N(c2ccc(-c3ccc4c(c3)sc3cc5cc6c(cc5cc34)sc3cc(-c4ccc(N(c5ccccc5)c5cccc7c5oc5ccccc57)cc4)ccc36)cc2)c2cccc3c2oc2ccccc23)cc1. The Morgan fingerprint density at radius 3 is 1.07 bits per heavy atom. The second-order valence-corrected chi connectivity index (χ2v) is 21.8. The number of fused-ring (bicyclic) bond motifs is 13. The zero-order valence-electron chi connectivity index (χ0n) is 40.8. The first-order valence-corrected chi connectivity index (χ1v) is 27.2. The summed E-state index contributed by atoms with van der Waals surface area (Å²) in [4.78, 5) is 4.59. The van der Waals surface area contributed by atoms with Crippen LogP contribution < -0.4 is 9.80 Å². The van der Waals surface area contributed by atoms with Gasteiger partial charge in [-0.15, -0.1) is 22.7 Å². The molecule has 4 heterocycles. The molecule has 0 radical (unpaired) electrons. The molecule has 0 spiro atoms. The number of furan rings is 2. The van der Waals surface area contributed by atoms with Gasteiger partial charge in [-0.1, -0.05) is 146 Å². The van der Waals surface area contributed by atoms with Crippen LogP contribution in [-0.4, -0.2) is 0 Å². The summed E-state index contributed by atoms with van der Waals surface area (Å²) in [6.07, 6.45) is 0. The molecule has 0 N–H and O–H groups in total.